The summed E-state index contributed by atoms with van der Waals surface area (Å²) < 4.78 is 20.4. The molecule has 0 aromatic carbocycles. The molecule has 2 N–H and O–H groups in total. The average molecular weight is 307 g/mol. The topological polar surface area (TPSA) is 103 Å². The summed E-state index contributed by atoms with van der Waals surface area (Å²) in [5.74, 6) is -1.48. The number of nitrogens with one attached hydrogen (secondary N) is 1. The van der Waals surface area contributed by atoms with Gasteiger partial charge in [0, 0.05) is 13.2 Å². The zero-order valence-electron chi connectivity index (χ0n) is 12.5. The Bertz CT molecular complexity index is 273. The van der Waals surface area contributed by atoms with E-state index in [0.717, 1.165) is 13.0 Å². The maximum absolute atomic E-state index is 11.2. The highest BCUT2D eigenvalue weighted by Gasteiger charge is 2.02. The molecule has 8 nitrogen and oxygen atoms in total. The van der Waals surface area contributed by atoms with Crippen molar-refractivity contribution in [2.75, 3.05) is 59.4 Å². The first kappa shape index (κ1) is 19.8. The van der Waals surface area contributed by atoms with Gasteiger partial charge in [-0.05, 0) is 6.42 Å². The van der Waals surface area contributed by atoms with Crippen molar-refractivity contribution in [3.8, 4) is 0 Å². The van der Waals surface area contributed by atoms with Crippen molar-refractivity contribution in [3.63, 3.8) is 0 Å². The largest absolute Gasteiger partial charge is 0.480 e. The maximum atomic E-state index is 11.2. The second-order valence-electron chi connectivity index (χ2n) is 4.07. The van der Waals surface area contributed by atoms with Crippen LogP contribution in [0.15, 0.2) is 0 Å². The third-order valence-electron chi connectivity index (χ3n) is 2.12. The summed E-state index contributed by atoms with van der Waals surface area (Å²) in [6.45, 7) is 4.79. The van der Waals surface area contributed by atoms with Crippen LogP contribution in [-0.2, 0) is 28.5 Å². The highest BCUT2D eigenvalue weighted by Crippen LogP contribution is 1.83. The Hall–Kier alpha value is -1.22. The molecule has 0 heterocycles. The molecule has 0 aromatic heterocycles. The fourth-order valence-corrected chi connectivity index (χ4v) is 1.23. The number of amides is 1. The number of hydrogen-bond acceptors (Lipinski definition) is 6. The molecule has 0 aliphatic carbocycles. The highest BCUT2D eigenvalue weighted by molar-refractivity contribution is 5.77. The van der Waals surface area contributed by atoms with E-state index in [9.17, 15) is 9.59 Å². The Kier molecular flexibility index (Phi) is 14.3. The number of carboxylic acids is 1. The van der Waals surface area contributed by atoms with Crippen LogP contribution in [0.4, 0.5) is 0 Å². The van der Waals surface area contributed by atoms with Gasteiger partial charge >= 0.3 is 5.97 Å². The second kappa shape index (κ2) is 15.2. The number of ether oxygens (including phenoxy) is 4. The first-order valence-electron chi connectivity index (χ1n) is 6.96. The standard InChI is InChI=1S/C13H25NO7/c1-2-4-18-6-8-20-9-7-19-5-3-14-12(15)10-21-11-13(16)17/h2-11H2,1H3,(H,14,15)(H,16,17). The lowest BCUT2D eigenvalue weighted by Crippen LogP contribution is -2.31. The fourth-order valence-electron chi connectivity index (χ4n) is 1.23. The number of hydrogen-bond donors (Lipinski definition) is 2. The molecular formula is C13H25NO7. The zero-order valence-corrected chi connectivity index (χ0v) is 12.5. The molecule has 124 valence electrons. The molecule has 0 fully saturated rings. The van der Waals surface area contributed by atoms with Gasteiger partial charge in [-0.25, -0.2) is 4.79 Å². The van der Waals surface area contributed by atoms with E-state index in [1.807, 2.05) is 6.92 Å². The molecule has 0 saturated carbocycles. The van der Waals surface area contributed by atoms with Gasteiger partial charge in [0.1, 0.15) is 13.2 Å². The van der Waals surface area contributed by atoms with E-state index in [2.05, 4.69) is 10.1 Å². The third-order valence-corrected chi connectivity index (χ3v) is 2.12. The smallest absolute Gasteiger partial charge is 0.329 e. The summed E-state index contributed by atoms with van der Waals surface area (Å²) >= 11 is 0. The number of aliphatic carboxylic acids is 1. The van der Waals surface area contributed by atoms with Gasteiger partial charge < -0.3 is 29.4 Å². The summed E-state index contributed by atoms with van der Waals surface area (Å²) in [5.41, 5.74) is 0. The number of carboxylic acid groups (broad SMARTS) is 1. The van der Waals surface area contributed by atoms with Crippen molar-refractivity contribution >= 4 is 11.9 Å². The van der Waals surface area contributed by atoms with Gasteiger partial charge in [-0.3, -0.25) is 4.79 Å². The van der Waals surface area contributed by atoms with Gasteiger partial charge in [0.25, 0.3) is 0 Å². The first-order chi connectivity index (χ1) is 10.2. The Morgan fingerprint density at radius 3 is 2.00 bits per heavy atom. The predicted octanol–water partition coefficient (Wildman–Crippen LogP) is -0.336. The number of carbonyl (C=O) groups is 2. The lowest BCUT2D eigenvalue weighted by atomic mass is 10.5. The molecular weight excluding hydrogens is 282 g/mol. The van der Waals surface area contributed by atoms with Crippen LogP contribution in [0.25, 0.3) is 0 Å². The quantitative estimate of drug-likeness (QED) is 0.399. The predicted molar refractivity (Wildman–Crippen MR) is 74.2 cm³/mol. The van der Waals surface area contributed by atoms with Crippen LogP contribution in [-0.4, -0.2) is 76.4 Å². The van der Waals surface area contributed by atoms with Crippen molar-refractivity contribution in [3.05, 3.63) is 0 Å². The van der Waals surface area contributed by atoms with Crippen LogP contribution in [0.3, 0.4) is 0 Å². The minimum Gasteiger partial charge on any atom is -0.480 e. The van der Waals surface area contributed by atoms with Gasteiger partial charge in [-0.1, -0.05) is 6.92 Å². The van der Waals surface area contributed by atoms with Crippen molar-refractivity contribution in [1.82, 2.24) is 5.32 Å². The van der Waals surface area contributed by atoms with Crippen molar-refractivity contribution in [2.24, 2.45) is 0 Å². The van der Waals surface area contributed by atoms with E-state index in [4.69, 9.17) is 19.3 Å². The van der Waals surface area contributed by atoms with E-state index >= 15 is 0 Å². The van der Waals surface area contributed by atoms with Crippen LogP contribution >= 0.6 is 0 Å². The monoisotopic (exact) mass is 307 g/mol. The Morgan fingerprint density at radius 2 is 1.43 bits per heavy atom. The molecule has 0 spiro atoms. The van der Waals surface area contributed by atoms with Crippen LogP contribution in [0.2, 0.25) is 0 Å². The van der Waals surface area contributed by atoms with E-state index in [-0.39, 0.29) is 12.5 Å². The van der Waals surface area contributed by atoms with Gasteiger partial charge in [-0.2, -0.15) is 0 Å². The minimum absolute atomic E-state index is 0.271. The fraction of sp³-hybridized carbons (Fsp3) is 0.846. The normalized spacial score (nSPS) is 10.5. The molecule has 1 amide bonds. The molecule has 0 aromatic rings. The molecule has 0 aliphatic heterocycles. The zero-order chi connectivity index (χ0) is 15.8. The SMILES string of the molecule is CCCOCCOCCOCCNC(=O)COCC(=O)O. The Morgan fingerprint density at radius 1 is 0.857 bits per heavy atom. The Labute approximate surface area is 124 Å². The Balaban J connectivity index is 3.14. The summed E-state index contributed by atoms with van der Waals surface area (Å²) in [5, 5.41) is 10.8. The molecule has 0 aliphatic rings. The third kappa shape index (κ3) is 16.7. The summed E-state index contributed by atoms with van der Waals surface area (Å²) in [6.07, 6.45) is 0.996. The molecule has 0 saturated heterocycles. The van der Waals surface area contributed by atoms with E-state index in [1.165, 1.54) is 0 Å². The van der Waals surface area contributed by atoms with Crippen molar-refractivity contribution in [2.45, 2.75) is 13.3 Å². The van der Waals surface area contributed by atoms with Crippen LogP contribution in [0.5, 0.6) is 0 Å². The van der Waals surface area contributed by atoms with Gasteiger partial charge in [0.15, 0.2) is 0 Å². The lowest BCUT2D eigenvalue weighted by Gasteiger charge is -2.07. The van der Waals surface area contributed by atoms with E-state index in [0.29, 0.717) is 39.6 Å². The molecule has 0 radical (unpaired) electrons. The van der Waals surface area contributed by atoms with Crippen LogP contribution in [0, 0.1) is 0 Å². The summed E-state index contributed by atoms with van der Waals surface area (Å²) in [7, 11) is 0. The molecule has 0 rings (SSSR count). The van der Waals surface area contributed by atoms with Crippen LogP contribution < -0.4 is 5.32 Å². The van der Waals surface area contributed by atoms with E-state index < -0.39 is 12.6 Å². The molecule has 0 bridgehead atoms. The van der Waals surface area contributed by atoms with Crippen molar-refractivity contribution < 1.29 is 33.6 Å². The first-order valence-corrected chi connectivity index (χ1v) is 6.96. The molecule has 0 atom stereocenters. The summed E-state index contributed by atoms with van der Waals surface area (Å²) in [6, 6.07) is 0. The molecule has 21 heavy (non-hydrogen) atoms. The van der Waals surface area contributed by atoms with Gasteiger partial charge in [0.05, 0.1) is 33.0 Å². The number of carbonyl (C=O) groups excluding carboxylic acids is 1. The number of rotatable bonds is 15. The summed E-state index contributed by atoms with van der Waals surface area (Å²) in [4.78, 5) is 21.3. The molecule has 0 unspecified atom stereocenters. The lowest BCUT2D eigenvalue weighted by molar-refractivity contribution is -0.143. The highest BCUT2D eigenvalue weighted by atomic mass is 16.5. The van der Waals surface area contributed by atoms with Crippen LogP contribution in [0.1, 0.15) is 13.3 Å². The maximum Gasteiger partial charge on any atom is 0.329 e. The minimum atomic E-state index is -1.11. The second-order valence-corrected chi connectivity index (χ2v) is 4.07. The molecule has 8 heteroatoms. The van der Waals surface area contributed by atoms with Crippen molar-refractivity contribution in [1.29, 1.82) is 0 Å². The van der Waals surface area contributed by atoms with Gasteiger partial charge in [-0.15, -0.1) is 0 Å². The van der Waals surface area contributed by atoms with E-state index in [1.54, 1.807) is 0 Å². The van der Waals surface area contributed by atoms with Gasteiger partial charge in [0.2, 0.25) is 5.91 Å². The average Bonchev–Trinajstić information content (AvgIpc) is 2.44.